The van der Waals surface area contributed by atoms with Gasteiger partial charge in [-0.3, -0.25) is 4.79 Å². The summed E-state index contributed by atoms with van der Waals surface area (Å²) in [7, 11) is 0. The fourth-order valence-corrected chi connectivity index (χ4v) is 1.96. The molecule has 0 spiro atoms. The predicted octanol–water partition coefficient (Wildman–Crippen LogP) is 1.11. The van der Waals surface area contributed by atoms with Gasteiger partial charge in [0.25, 0.3) is 0 Å². The van der Waals surface area contributed by atoms with Gasteiger partial charge in [-0.15, -0.1) is 11.3 Å². The van der Waals surface area contributed by atoms with Crippen molar-refractivity contribution in [1.29, 1.82) is 5.26 Å². The van der Waals surface area contributed by atoms with E-state index in [9.17, 15) is 4.79 Å². The average Bonchev–Trinajstić information content (AvgIpc) is 2.43. The lowest BCUT2D eigenvalue weighted by molar-refractivity contribution is -0.115. The number of thiophene rings is 1. The van der Waals surface area contributed by atoms with E-state index in [1.165, 1.54) is 11.3 Å². The second-order valence-corrected chi connectivity index (χ2v) is 3.35. The maximum absolute atomic E-state index is 10.8. The van der Waals surface area contributed by atoms with Gasteiger partial charge in [0.15, 0.2) is 0 Å². The third-order valence-electron chi connectivity index (χ3n) is 1.52. The molecule has 0 saturated heterocycles. The SMILES string of the molecule is N#Cc1cc2c(s1)NC(=O)C2. The zero-order valence-corrected chi connectivity index (χ0v) is 6.36. The number of nitrogens with zero attached hydrogens (tertiary/aromatic N) is 1. The Morgan fingerprint density at radius 3 is 3.18 bits per heavy atom. The number of anilines is 1. The summed E-state index contributed by atoms with van der Waals surface area (Å²) in [4.78, 5) is 11.4. The maximum Gasteiger partial charge on any atom is 0.229 e. The summed E-state index contributed by atoms with van der Waals surface area (Å²) < 4.78 is 0. The van der Waals surface area contributed by atoms with Gasteiger partial charge in [0, 0.05) is 0 Å². The summed E-state index contributed by atoms with van der Waals surface area (Å²) in [6.07, 6.45) is 0.424. The fourth-order valence-electron chi connectivity index (χ4n) is 1.06. The Morgan fingerprint density at radius 1 is 1.73 bits per heavy atom. The van der Waals surface area contributed by atoms with Crippen molar-refractivity contribution in [2.75, 3.05) is 5.32 Å². The molecule has 0 fully saturated rings. The fraction of sp³-hybridized carbons (Fsp3) is 0.143. The van der Waals surface area contributed by atoms with Gasteiger partial charge in [-0.25, -0.2) is 0 Å². The first-order chi connectivity index (χ1) is 5.29. The highest BCUT2D eigenvalue weighted by molar-refractivity contribution is 7.17. The number of rotatable bonds is 0. The minimum absolute atomic E-state index is 0.0238. The van der Waals surface area contributed by atoms with E-state index in [-0.39, 0.29) is 5.91 Å². The Bertz CT molecular complexity index is 336. The van der Waals surface area contributed by atoms with Gasteiger partial charge in [0.2, 0.25) is 5.91 Å². The zero-order chi connectivity index (χ0) is 7.84. The van der Waals surface area contributed by atoms with E-state index in [0.717, 1.165) is 10.6 Å². The van der Waals surface area contributed by atoms with Crippen molar-refractivity contribution in [2.24, 2.45) is 0 Å². The smallest absolute Gasteiger partial charge is 0.229 e. The average molecular weight is 164 g/mol. The van der Waals surface area contributed by atoms with E-state index in [1.807, 2.05) is 6.07 Å². The van der Waals surface area contributed by atoms with Crippen LogP contribution in [0.1, 0.15) is 10.4 Å². The first-order valence-electron chi connectivity index (χ1n) is 3.12. The second-order valence-electron chi connectivity index (χ2n) is 2.30. The highest BCUT2D eigenvalue weighted by Gasteiger charge is 2.20. The highest BCUT2D eigenvalue weighted by Crippen LogP contribution is 2.31. The Morgan fingerprint density at radius 2 is 2.55 bits per heavy atom. The van der Waals surface area contributed by atoms with Gasteiger partial charge in [-0.1, -0.05) is 0 Å². The zero-order valence-electron chi connectivity index (χ0n) is 5.55. The van der Waals surface area contributed by atoms with Crippen LogP contribution in [0.3, 0.4) is 0 Å². The van der Waals surface area contributed by atoms with Crippen LogP contribution in [-0.4, -0.2) is 5.91 Å². The van der Waals surface area contributed by atoms with E-state index in [0.29, 0.717) is 11.3 Å². The Labute approximate surface area is 67.3 Å². The monoisotopic (exact) mass is 164 g/mol. The quantitative estimate of drug-likeness (QED) is 0.624. The molecular formula is C7H4N2OS. The van der Waals surface area contributed by atoms with Gasteiger partial charge in [0.1, 0.15) is 10.9 Å². The molecule has 1 aliphatic rings. The highest BCUT2D eigenvalue weighted by atomic mass is 32.1. The van der Waals surface area contributed by atoms with Crippen LogP contribution in [0.2, 0.25) is 0 Å². The number of hydrogen-bond donors (Lipinski definition) is 1. The molecule has 1 aromatic rings. The molecular weight excluding hydrogens is 160 g/mol. The van der Waals surface area contributed by atoms with Crippen LogP contribution in [0.15, 0.2) is 6.07 Å². The number of amides is 1. The standard InChI is InChI=1S/C7H4N2OS/c8-3-5-1-4-2-6(10)9-7(4)11-5/h1H,2H2,(H,9,10). The lowest BCUT2D eigenvalue weighted by atomic mass is 10.2. The third kappa shape index (κ3) is 0.900. The van der Waals surface area contributed by atoms with Crippen LogP contribution < -0.4 is 5.32 Å². The number of nitriles is 1. The van der Waals surface area contributed by atoms with Gasteiger partial charge in [-0.2, -0.15) is 5.26 Å². The predicted molar refractivity (Wildman–Crippen MR) is 41.4 cm³/mol. The number of hydrogen-bond acceptors (Lipinski definition) is 3. The maximum atomic E-state index is 10.8. The largest absolute Gasteiger partial charge is 0.317 e. The van der Waals surface area contributed by atoms with Crippen LogP contribution in [0.4, 0.5) is 5.00 Å². The molecule has 1 aliphatic heterocycles. The normalized spacial score (nSPS) is 13.9. The van der Waals surface area contributed by atoms with Crippen molar-refractivity contribution in [2.45, 2.75) is 6.42 Å². The van der Waals surface area contributed by atoms with Crippen molar-refractivity contribution >= 4 is 22.2 Å². The summed E-state index contributed by atoms with van der Waals surface area (Å²) >= 11 is 1.33. The molecule has 3 nitrogen and oxygen atoms in total. The molecule has 11 heavy (non-hydrogen) atoms. The summed E-state index contributed by atoms with van der Waals surface area (Å²) in [5, 5.41) is 12.0. The number of carbonyl (C=O) groups excluding carboxylic acids is 1. The summed E-state index contributed by atoms with van der Waals surface area (Å²) in [6.45, 7) is 0. The molecule has 0 radical (unpaired) electrons. The molecule has 0 saturated carbocycles. The van der Waals surface area contributed by atoms with E-state index in [4.69, 9.17) is 5.26 Å². The molecule has 2 rings (SSSR count). The van der Waals surface area contributed by atoms with E-state index >= 15 is 0 Å². The molecule has 0 atom stereocenters. The number of fused-ring (bicyclic) bond motifs is 1. The summed E-state index contributed by atoms with van der Waals surface area (Å²) in [5.74, 6) is 0.0238. The summed E-state index contributed by atoms with van der Waals surface area (Å²) in [5.41, 5.74) is 0.955. The first kappa shape index (κ1) is 6.38. The Hall–Kier alpha value is -1.34. The van der Waals surface area contributed by atoms with Gasteiger partial charge < -0.3 is 5.32 Å². The van der Waals surface area contributed by atoms with Crippen molar-refractivity contribution in [3.8, 4) is 6.07 Å². The first-order valence-corrected chi connectivity index (χ1v) is 3.94. The summed E-state index contributed by atoms with van der Waals surface area (Å²) in [6, 6.07) is 3.80. The molecule has 0 aliphatic carbocycles. The Kier molecular flexibility index (Phi) is 1.20. The van der Waals surface area contributed by atoms with Gasteiger partial charge in [-0.05, 0) is 11.6 Å². The lowest BCUT2D eigenvalue weighted by Crippen LogP contribution is -2.03. The molecule has 2 heterocycles. The Balaban J connectivity index is 2.46. The van der Waals surface area contributed by atoms with Crippen LogP contribution in [0.5, 0.6) is 0 Å². The minimum Gasteiger partial charge on any atom is -0.317 e. The van der Waals surface area contributed by atoms with Crippen LogP contribution >= 0.6 is 11.3 Å². The second kappa shape index (κ2) is 2.07. The molecule has 0 unspecified atom stereocenters. The van der Waals surface area contributed by atoms with Gasteiger partial charge in [0.05, 0.1) is 11.4 Å². The van der Waals surface area contributed by atoms with Crippen LogP contribution in [0.25, 0.3) is 0 Å². The van der Waals surface area contributed by atoms with Crippen molar-refractivity contribution in [3.63, 3.8) is 0 Å². The van der Waals surface area contributed by atoms with Gasteiger partial charge >= 0.3 is 0 Å². The minimum atomic E-state index is 0.0238. The lowest BCUT2D eigenvalue weighted by Gasteiger charge is -1.86. The molecule has 0 aromatic carbocycles. The van der Waals surface area contributed by atoms with Crippen LogP contribution in [-0.2, 0) is 11.2 Å². The molecule has 1 aromatic heterocycles. The third-order valence-corrected chi connectivity index (χ3v) is 2.52. The van der Waals surface area contributed by atoms with E-state index < -0.39 is 0 Å². The van der Waals surface area contributed by atoms with E-state index in [1.54, 1.807) is 6.07 Å². The molecule has 1 N–H and O–H groups in total. The van der Waals surface area contributed by atoms with Crippen LogP contribution in [0, 0.1) is 11.3 Å². The molecule has 4 heteroatoms. The topological polar surface area (TPSA) is 52.9 Å². The number of nitrogens with one attached hydrogen (secondary N) is 1. The molecule has 0 bridgehead atoms. The van der Waals surface area contributed by atoms with E-state index in [2.05, 4.69) is 5.32 Å². The van der Waals surface area contributed by atoms with Crippen molar-refractivity contribution in [3.05, 3.63) is 16.5 Å². The van der Waals surface area contributed by atoms with Crippen molar-refractivity contribution < 1.29 is 4.79 Å². The molecule has 54 valence electrons. The van der Waals surface area contributed by atoms with Crippen molar-refractivity contribution in [1.82, 2.24) is 0 Å². The number of carbonyl (C=O) groups is 1. The molecule has 1 amide bonds.